The van der Waals surface area contributed by atoms with Crippen LogP contribution in [0.1, 0.15) is 35.7 Å². The third-order valence-electron chi connectivity index (χ3n) is 7.30. The largest absolute Gasteiger partial charge is 0.368 e. The van der Waals surface area contributed by atoms with Crippen LogP contribution in [0.4, 0.5) is 5.69 Å². The lowest BCUT2D eigenvalue weighted by atomic mass is 10.1. The third kappa shape index (κ3) is 4.51. The number of fused-ring (bicyclic) bond motifs is 3. The lowest BCUT2D eigenvalue weighted by molar-refractivity contribution is 0.0824. The minimum absolute atomic E-state index is 0.0116. The maximum Gasteiger partial charge on any atom is 0.252 e. The fraction of sp³-hybridized carbons (Fsp3) is 0.345. The first-order valence-corrected chi connectivity index (χ1v) is 12.9. The van der Waals surface area contributed by atoms with Gasteiger partial charge in [-0.25, -0.2) is 0 Å². The molecular weight excluding hydrogens is 456 g/mol. The van der Waals surface area contributed by atoms with E-state index in [1.807, 2.05) is 25.1 Å². The van der Waals surface area contributed by atoms with Crippen LogP contribution in [-0.4, -0.2) is 47.7 Å². The van der Waals surface area contributed by atoms with Crippen LogP contribution in [0.15, 0.2) is 60.7 Å². The SMILES string of the molecule is CCCC(NC(=O)c1ccc2c(c1)c1ccccc1n2C)N1CCN(c2cccc(C)c2Cl)CC1. The van der Waals surface area contributed by atoms with Gasteiger partial charge in [0.1, 0.15) is 0 Å². The van der Waals surface area contributed by atoms with Crippen LogP contribution < -0.4 is 10.2 Å². The second-order valence-corrected chi connectivity index (χ2v) is 9.90. The standard InChI is InChI=1S/C29H33ClN4O/c1-4-8-27(34-17-15-33(16-18-34)26-12-7-9-20(2)28(26)30)31-29(35)21-13-14-25-23(19-21)22-10-5-6-11-24(22)32(25)3/h5-7,9-14,19,27H,4,8,15-18H2,1-3H3,(H,31,35). The first-order chi connectivity index (χ1) is 17.0. The lowest BCUT2D eigenvalue weighted by Gasteiger charge is -2.40. The van der Waals surface area contributed by atoms with Crippen molar-refractivity contribution in [1.82, 2.24) is 14.8 Å². The molecule has 1 aromatic heterocycles. The maximum atomic E-state index is 13.4. The monoisotopic (exact) mass is 488 g/mol. The summed E-state index contributed by atoms with van der Waals surface area (Å²) >= 11 is 6.58. The molecule has 5 nitrogen and oxygen atoms in total. The minimum atomic E-state index is -0.0116. The van der Waals surface area contributed by atoms with E-state index in [2.05, 4.69) is 76.1 Å². The normalized spacial score (nSPS) is 15.6. The quantitative estimate of drug-likeness (QED) is 0.363. The number of aromatic nitrogens is 1. The molecular formula is C29H33ClN4O. The van der Waals surface area contributed by atoms with Gasteiger partial charge in [-0.2, -0.15) is 0 Å². The van der Waals surface area contributed by atoms with Crippen LogP contribution in [0.2, 0.25) is 5.02 Å². The van der Waals surface area contributed by atoms with Crippen LogP contribution in [0.5, 0.6) is 0 Å². The van der Waals surface area contributed by atoms with E-state index < -0.39 is 0 Å². The minimum Gasteiger partial charge on any atom is -0.368 e. The van der Waals surface area contributed by atoms with Crippen molar-refractivity contribution in [1.29, 1.82) is 0 Å². The molecule has 182 valence electrons. The molecule has 1 atom stereocenters. The predicted molar refractivity (Wildman–Crippen MR) is 147 cm³/mol. The molecule has 0 saturated carbocycles. The van der Waals surface area contributed by atoms with E-state index in [1.165, 1.54) is 10.9 Å². The highest BCUT2D eigenvalue weighted by Crippen LogP contribution is 2.30. The van der Waals surface area contributed by atoms with Gasteiger partial charge in [-0.1, -0.05) is 55.3 Å². The molecule has 0 bridgehead atoms. The smallest absolute Gasteiger partial charge is 0.252 e. The molecule has 0 aliphatic carbocycles. The van der Waals surface area contributed by atoms with Crippen molar-refractivity contribution in [2.75, 3.05) is 31.1 Å². The topological polar surface area (TPSA) is 40.5 Å². The average molecular weight is 489 g/mol. The number of nitrogens with zero attached hydrogens (tertiary/aromatic N) is 3. The van der Waals surface area contributed by atoms with Crippen molar-refractivity contribution >= 4 is 45.0 Å². The summed E-state index contributed by atoms with van der Waals surface area (Å²) in [5.74, 6) is -0.0116. The van der Waals surface area contributed by atoms with E-state index in [1.54, 1.807) is 0 Å². The van der Waals surface area contributed by atoms with E-state index in [0.717, 1.165) is 66.2 Å². The highest BCUT2D eigenvalue weighted by Gasteiger charge is 2.26. The maximum absolute atomic E-state index is 13.4. The Labute approximate surface area is 212 Å². The molecule has 0 radical (unpaired) electrons. The predicted octanol–water partition coefficient (Wildman–Crippen LogP) is 5.97. The fourth-order valence-corrected chi connectivity index (χ4v) is 5.56. The summed E-state index contributed by atoms with van der Waals surface area (Å²) in [7, 11) is 2.07. The molecule has 3 aromatic carbocycles. The van der Waals surface area contributed by atoms with E-state index in [-0.39, 0.29) is 12.1 Å². The second-order valence-electron chi connectivity index (χ2n) is 9.52. The molecule has 6 heteroatoms. The zero-order valence-corrected chi connectivity index (χ0v) is 21.5. The lowest BCUT2D eigenvalue weighted by Crippen LogP contribution is -2.56. The van der Waals surface area contributed by atoms with E-state index in [9.17, 15) is 4.79 Å². The first kappa shape index (κ1) is 23.7. The molecule has 1 fully saturated rings. The molecule has 0 spiro atoms. The summed E-state index contributed by atoms with van der Waals surface area (Å²) in [6.45, 7) is 7.77. The Bertz CT molecular complexity index is 1370. The number of carbonyl (C=O) groups excluding carboxylic acids is 1. The number of carbonyl (C=O) groups is 1. The first-order valence-electron chi connectivity index (χ1n) is 12.5. The van der Waals surface area contributed by atoms with Crippen LogP contribution >= 0.6 is 11.6 Å². The van der Waals surface area contributed by atoms with Gasteiger partial charge in [0.15, 0.2) is 0 Å². The number of para-hydroxylation sites is 1. The molecule has 1 aliphatic heterocycles. The summed E-state index contributed by atoms with van der Waals surface area (Å²) < 4.78 is 2.19. The average Bonchev–Trinajstić information content (AvgIpc) is 3.17. The van der Waals surface area contributed by atoms with Gasteiger partial charge in [0.2, 0.25) is 0 Å². The van der Waals surface area contributed by atoms with E-state index in [4.69, 9.17) is 11.6 Å². The van der Waals surface area contributed by atoms with Gasteiger partial charge in [0.05, 0.1) is 16.9 Å². The fourth-order valence-electron chi connectivity index (χ4n) is 5.31. The molecule has 1 aliphatic rings. The summed E-state index contributed by atoms with van der Waals surface area (Å²) in [6.07, 6.45) is 1.95. The van der Waals surface area contributed by atoms with Crippen LogP contribution in [0.25, 0.3) is 21.8 Å². The van der Waals surface area contributed by atoms with Crippen molar-refractivity contribution in [3.8, 4) is 0 Å². The van der Waals surface area contributed by atoms with Crippen LogP contribution in [0, 0.1) is 6.92 Å². The Morgan fingerprint density at radius 2 is 1.71 bits per heavy atom. The van der Waals surface area contributed by atoms with Crippen molar-refractivity contribution in [3.63, 3.8) is 0 Å². The Balaban J connectivity index is 1.31. The van der Waals surface area contributed by atoms with Gasteiger partial charge < -0.3 is 14.8 Å². The van der Waals surface area contributed by atoms with Crippen LogP contribution in [-0.2, 0) is 7.05 Å². The van der Waals surface area contributed by atoms with Crippen LogP contribution in [0.3, 0.4) is 0 Å². The summed E-state index contributed by atoms with van der Waals surface area (Å²) in [5, 5.41) is 6.46. The highest BCUT2D eigenvalue weighted by atomic mass is 35.5. The molecule has 35 heavy (non-hydrogen) atoms. The molecule has 1 amide bonds. The van der Waals surface area contributed by atoms with Gasteiger partial charge in [-0.05, 0) is 49.2 Å². The molecule has 2 heterocycles. The number of amides is 1. The van der Waals surface area contributed by atoms with Crippen molar-refractivity contribution in [2.24, 2.45) is 7.05 Å². The van der Waals surface area contributed by atoms with E-state index >= 15 is 0 Å². The zero-order chi connectivity index (χ0) is 24.5. The van der Waals surface area contributed by atoms with Gasteiger partial charge >= 0.3 is 0 Å². The summed E-state index contributed by atoms with van der Waals surface area (Å²) in [5.41, 5.74) is 5.23. The van der Waals surface area contributed by atoms with Crippen molar-refractivity contribution < 1.29 is 4.79 Å². The Kier molecular flexibility index (Phi) is 6.72. The van der Waals surface area contributed by atoms with Crippen molar-refractivity contribution in [3.05, 3.63) is 76.8 Å². The number of nitrogens with one attached hydrogen (secondary N) is 1. The highest BCUT2D eigenvalue weighted by molar-refractivity contribution is 6.34. The molecule has 4 aromatic rings. The van der Waals surface area contributed by atoms with Gasteiger partial charge in [0, 0.05) is 60.6 Å². The Morgan fingerprint density at radius 1 is 0.971 bits per heavy atom. The number of aryl methyl sites for hydroxylation is 2. The Hall–Kier alpha value is -3.02. The summed E-state index contributed by atoms with van der Waals surface area (Å²) in [4.78, 5) is 18.1. The number of halogens is 1. The van der Waals surface area contributed by atoms with Gasteiger partial charge in [-0.3, -0.25) is 9.69 Å². The van der Waals surface area contributed by atoms with E-state index in [0.29, 0.717) is 5.56 Å². The number of anilines is 1. The third-order valence-corrected chi connectivity index (χ3v) is 7.79. The number of hydrogen-bond acceptors (Lipinski definition) is 3. The molecule has 1 saturated heterocycles. The number of hydrogen-bond donors (Lipinski definition) is 1. The van der Waals surface area contributed by atoms with Gasteiger partial charge in [0.25, 0.3) is 5.91 Å². The number of piperazine rings is 1. The number of benzene rings is 3. The molecule has 5 rings (SSSR count). The molecule has 1 N–H and O–H groups in total. The number of rotatable bonds is 6. The summed E-state index contributed by atoms with van der Waals surface area (Å²) in [6, 6.07) is 20.6. The second kappa shape index (κ2) is 9.92. The van der Waals surface area contributed by atoms with Gasteiger partial charge in [-0.15, -0.1) is 0 Å². The molecule has 1 unspecified atom stereocenters. The zero-order valence-electron chi connectivity index (χ0n) is 20.7. The Morgan fingerprint density at radius 3 is 2.49 bits per heavy atom. The van der Waals surface area contributed by atoms with Crippen molar-refractivity contribution in [2.45, 2.75) is 32.9 Å².